The monoisotopic (exact) mass is 245 g/mol. The lowest BCUT2D eigenvalue weighted by Gasteiger charge is -2.07. The lowest BCUT2D eigenvalue weighted by atomic mass is 10.1. The number of nitrogens with zero attached hydrogens (tertiary/aromatic N) is 1. The van der Waals surface area contributed by atoms with E-state index in [1.165, 1.54) is 22.2 Å². The molecule has 0 fully saturated rings. The Hall–Kier alpha value is -1.77. The summed E-state index contributed by atoms with van der Waals surface area (Å²) in [6.45, 7) is 5.15. The van der Waals surface area contributed by atoms with Gasteiger partial charge >= 0.3 is 0 Å². The maximum absolute atomic E-state index is 10.4. The minimum Gasteiger partial charge on any atom is -0.497 e. The molecular formula is C15H19NO2. The van der Waals surface area contributed by atoms with E-state index >= 15 is 0 Å². The zero-order valence-electron chi connectivity index (χ0n) is 11.2. The van der Waals surface area contributed by atoms with Gasteiger partial charge in [0.2, 0.25) is 0 Å². The second kappa shape index (κ2) is 5.25. The molecule has 1 aromatic heterocycles. The van der Waals surface area contributed by atoms with Gasteiger partial charge in [0.1, 0.15) is 12.0 Å². The van der Waals surface area contributed by atoms with Gasteiger partial charge in [-0.25, -0.2) is 0 Å². The van der Waals surface area contributed by atoms with Crippen molar-refractivity contribution in [1.29, 1.82) is 0 Å². The molecule has 0 saturated carbocycles. The molecule has 1 aromatic carbocycles. The van der Waals surface area contributed by atoms with Crippen LogP contribution in [-0.2, 0) is 11.3 Å². The zero-order chi connectivity index (χ0) is 13.1. The Morgan fingerprint density at radius 1 is 1.33 bits per heavy atom. The molecule has 0 radical (unpaired) electrons. The van der Waals surface area contributed by atoms with Crippen LogP contribution in [-0.4, -0.2) is 18.0 Å². The van der Waals surface area contributed by atoms with Crippen LogP contribution < -0.4 is 4.74 Å². The molecule has 0 amide bonds. The number of hydrogen-bond donors (Lipinski definition) is 0. The lowest BCUT2D eigenvalue weighted by molar-refractivity contribution is -0.107. The highest BCUT2D eigenvalue weighted by molar-refractivity contribution is 5.86. The number of fused-ring (bicyclic) bond motifs is 1. The number of ether oxygens (including phenoxy) is 1. The highest BCUT2D eigenvalue weighted by atomic mass is 16.5. The SMILES string of the molecule is COc1ccc2c(c1)c(C)c(C)n2CCCC=O. The highest BCUT2D eigenvalue weighted by Crippen LogP contribution is 2.28. The van der Waals surface area contributed by atoms with Gasteiger partial charge in [-0.1, -0.05) is 0 Å². The topological polar surface area (TPSA) is 31.2 Å². The summed E-state index contributed by atoms with van der Waals surface area (Å²) in [6.07, 6.45) is 2.49. The van der Waals surface area contributed by atoms with Crippen LogP contribution in [0.1, 0.15) is 24.1 Å². The second-order valence-corrected chi connectivity index (χ2v) is 4.55. The van der Waals surface area contributed by atoms with Crippen molar-refractivity contribution in [1.82, 2.24) is 4.57 Å². The number of aldehydes is 1. The molecule has 0 spiro atoms. The first-order chi connectivity index (χ1) is 8.69. The zero-order valence-corrected chi connectivity index (χ0v) is 11.2. The Morgan fingerprint density at radius 2 is 2.11 bits per heavy atom. The molecule has 0 saturated heterocycles. The van der Waals surface area contributed by atoms with Crippen molar-refractivity contribution in [3.63, 3.8) is 0 Å². The Kier molecular flexibility index (Phi) is 3.70. The Bertz CT molecular complexity index is 569. The van der Waals surface area contributed by atoms with Crippen LogP contribution in [0.25, 0.3) is 10.9 Å². The summed E-state index contributed by atoms with van der Waals surface area (Å²) in [5, 5.41) is 1.23. The van der Waals surface area contributed by atoms with E-state index in [1.54, 1.807) is 7.11 Å². The number of aryl methyl sites for hydroxylation is 2. The third-order valence-electron chi connectivity index (χ3n) is 3.55. The molecule has 3 nitrogen and oxygen atoms in total. The van der Waals surface area contributed by atoms with Crippen LogP contribution >= 0.6 is 0 Å². The van der Waals surface area contributed by atoms with Gasteiger partial charge in [0.05, 0.1) is 7.11 Å². The minimum atomic E-state index is 0.619. The van der Waals surface area contributed by atoms with Crippen molar-refractivity contribution in [3.05, 3.63) is 29.5 Å². The first-order valence-corrected chi connectivity index (χ1v) is 6.26. The number of rotatable bonds is 5. The van der Waals surface area contributed by atoms with Gasteiger partial charge in [-0.15, -0.1) is 0 Å². The summed E-state index contributed by atoms with van der Waals surface area (Å²) in [5.41, 5.74) is 3.77. The first-order valence-electron chi connectivity index (χ1n) is 6.26. The maximum atomic E-state index is 10.4. The third-order valence-corrected chi connectivity index (χ3v) is 3.55. The van der Waals surface area contributed by atoms with Crippen LogP contribution in [0.2, 0.25) is 0 Å². The van der Waals surface area contributed by atoms with E-state index in [9.17, 15) is 4.79 Å². The van der Waals surface area contributed by atoms with Crippen LogP contribution in [0.5, 0.6) is 5.75 Å². The Labute approximate surface area is 107 Å². The van der Waals surface area contributed by atoms with E-state index < -0.39 is 0 Å². The van der Waals surface area contributed by atoms with Crippen molar-refractivity contribution >= 4 is 17.2 Å². The van der Waals surface area contributed by atoms with Crippen LogP contribution in [0.3, 0.4) is 0 Å². The summed E-state index contributed by atoms with van der Waals surface area (Å²) in [7, 11) is 1.68. The number of unbranched alkanes of at least 4 members (excludes halogenated alkanes) is 1. The van der Waals surface area contributed by atoms with E-state index in [0.717, 1.165) is 25.0 Å². The molecule has 0 unspecified atom stereocenters. The van der Waals surface area contributed by atoms with Gasteiger partial charge in [0.15, 0.2) is 0 Å². The molecule has 0 aliphatic heterocycles. The molecule has 3 heteroatoms. The molecule has 0 aliphatic rings. The fourth-order valence-corrected chi connectivity index (χ4v) is 2.38. The van der Waals surface area contributed by atoms with Gasteiger partial charge in [-0.2, -0.15) is 0 Å². The second-order valence-electron chi connectivity index (χ2n) is 4.55. The van der Waals surface area contributed by atoms with Gasteiger partial charge in [-0.3, -0.25) is 0 Å². The Morgan fingerprint density at radius 3 is 2.78 bits per heavy atom. The largest absolute Gasteiger partial charge is 0.497 e. The standard InChI is InChI=1S/C15H19NO2/c1-11-12(2)16(8-4-5-9-17)15-7-6-13(18-3)10-14(11)15/h6-7,9-10H,4-5,8H2,1-3H3. The van der Waals surface area contributed by atoms with Crippen molar-refractivity contribution in [2.24, 2.45) is 0 Å². The van der Waals surface area contributed by atoms with Crippen LogP contribution in [0.15, 0.2) is 18.2 Å². The first kappa shape index (κ1) is 12.7. The normalized spacial score (nSPS) is 10.8. The van der Waals surface area contributed by atoms with Crippen molar-refractivity contribution < 1.29 is 9.53 Å². The van der Waals surface area contributed by atoms with Gasteiger partial charge in [0.25, 0.3) is 0 Å². The average Bonchev–Trinajstić information content (AvgIpc) is 2.63. The summed E-state index contributed by atoms with van der Waals surface area (Å²) in [4.78, 5) is 10.4. The number of benzene rings is 1. The van der Waals surface area contributed by atoms with E-state index in [-0.39, 0.29) is 0 Å². The molecule has 18 heavy (non-hydrogen) atoms. The van der Waals surface area contributed by atoms with Crippen molar-refractivity contribution in [2.75, 3.05) is 7.11 Å². The third kappa shape index (κ3) is 2.13. The number of carbonyl (C=O) groups excluding carboxylic acids is 1. The molecule has 0 bridgehead atoms. The van der Waals surface area contributed by atoms with Gasteiger partial charge in [-0.05, 0) is 44.0 Å². The summed E-state index contributed by atoms with van der Waals surface area (Å²) < 4.78 is 7.55. The predicted molar refractivity (Wildman–Crippen MR) is 73.3 cm³/mol. The summed E-state index contributed by atoms with van der Waals surface area (Å²) >= 11 is 0. The quantitative estimate of drug-likeness (QED) is 0.598. The summed E-state index contributed by atoms with van der Waals surface area (Å²) in [5.74, 6) is 0.885. The molecule has 2 aromatic rings. The molecule has 0 aliphatic carbocycles. The molecule has 96 valence electrons. The van der Waals surface area contributed by atoms with Crippen LogP contribution in [0, 0.1) is 13.8 Å². The molecule has 0 atom stereocenters. The smallest absolute Gasteiger partial charge is 0.120 e. The van der Waals surface area contributed by atoms with E-state index in [2.05, 4.69) is 30.5 Å². The molecule has 2 rings (SSSR count). The molecular weight excluding hydrogens is 226 g/mol. The highest BCUT2D eigenvalue weighted by Gasteiger charge is 2.11. The van der Waals surface area contributed by atoms with Crippen molar-refractivity contribution in [2.45, 2.75) is 33.2 Å². The van der Waals surface area contributed by atoms with E-state index in [4.69, 9.17) is 4.74 Å². The predicted octanol–water partition coefficient (Wildman–Crippen LogP) is 3.25. The van der Waals surface area contributed by atoms with Crippen LogP contribution in [0.4, 0.5) is 0 Å². The molecule has 1 heterocycles. The average molecular weight is 245 g/mol. The number of hydrogen-bond acceptors (Lipinski definition) is 2. The minimum absolute atomic E-state index is 0.619. The van der Waals surface area contributed by atoms with Gasteiger partial charge in [0, 0.05) is 29.6 Å². The molecule has 0 N–H and O–H groups in total. The maximum Gasteiger partial charge on any atom is 0.120 e. The van der Waals surface area contributed by atoms with Gasteiger partial charge < -0.3 is 14.1 Å². The fraction of sp³-hybridized carbons (Fsp3) is 0.400. The van der Waals surface area contributed by atoms with E-state index in [1.807, 2.05) is 6.07 Å². The van der Waals surface area contributed by atoms with E-state index in [0.29, 0.717) is 6.42 Å². The Balaban J connectivity index is 2.46. The number of carbonyl (C=O) groups is 1. The van der Waals surface area contributed by atoms with Crippen molar-refractivity contribution in [3.8, 4) is 5.75 Å². The lowest BCUT2D eigenvalue weighted by Crippen LogP contribution is -2.00. The fourth-order valence-electron chi connectivity index (χ4n) is 2.38. The number of aromatic nitrogens is 1. The summed E-state index contributed by atoms with van der Waals surface area (Å²) in [6, 6.07) is 6.15. The number of methoxy groups -OCH3 is 1.